The number of benzene rings is 4. The second kappa shape index (κ2) is 17.9. The predicted octanol–water partition coefficient (Wildman–Crippen LogP) is 13.9. The molecular weight excluding hydrogens is 773 g/mol. The zero-order valence-electron chi connectivity index (χ0n) is 37.9. The van der Waals surface area contributed by atoms with Crippen molar-refractivity contribution in [3.63, 3.8) is 0 Å². The SMILES string of the molecule is C1=Cc2ccccc2Nc2ccccc21.CC(C)(C)[Si](C)(C)O[C@@H]1CCC[C@@H](N2c3ccccc3C=Cc3ccccc32)[C@@H]1O.CC(C)(C)[Si](C)(C)O[C@@H]1CCC[C@@H]2O[C@@H]21. The van der Waals surface area contributed by atoms with Crippen molar-refractivity contribution < 1.29 is 18.7 Å². The van der Waals surface area contributed by atoms with Crippen LogP contribution in [0.2, 0.25) is 36.3 Å². The first-order chi connectivity index (χ1) is 28.4. The van der Waals surface area contributed by atoms with Crippen molar-refractivity contribution in [2.45, 2.75) is 153 Å². The molecule has 3 fully saturated rings. The molecule has 4 aromatic carbocycles. The van der Waals surface area contributed by atoms with Crippen LogP contribution in [0, 0.1) is 0 Å². The van der Waals surface area contributed by atoms with Crippen LogP contribution in [0.3, 0.4) is 0 Å². The van der Waals surface area contributed by atoms with Crippen LogP contribution >= 0.6 is 0 Å². The summed E-state index contributed by atoms with van der Waals surface area (Å²) in [4.78, 5) is 2.37. The lowest BCUT2D eigenvalue weighted by Gasteiger charge is -2.47. The number of para-hydroxylation sites is 4. The number of anilines is 4. The summed E-state index contributed by atoms with van der Waals surface area (Å²) in [7, 11) is -3.54. The highest BCUT2D eigenvalue weighted by Crippen LogP contribution is 2.45. The lowest BCUT2D eigenvalue weighted by atomic mass is 9.88. The first-order valence-electron chi connectivity index (χ1n) is 22.4. The maximum Gasteiger partial charge on any atom is 0.192 e. The number of fused-ring (bicyclic) bond motifs is 5. The normalized spacial score (nSPS) is 24.2. The highest BCUT2D eigenvalue weighted by molar-refractivity contribution is 6.74. The molecule has 2 saturated carbocycles. The van der Waals surface area contributed by atoms with E-state index in [2.05, 4.69) is 187 Å². The molecule has 0 amide bonds. The molecule has 2 N–H and O–H groups in total. The molecule has 6 nitrogen and oxygen atoms in total. The van der Waals surface area contributed by atoms with Gasteiger partial charge in [-0.1, -0.05) is 139 Å². The number of nitrogens with zero attached hydrogens (tertiary/aromatic N) is 1. The fraction of sp³-hybridized carbons (Fsp3) is 0.462. The van der Waals surface area contributed by atoms with E-state index in [-0.39, 0.29) is 17.2 Å². The average molecular weight is 843 g/mol. The van der Waals surface area contributed by atoms with Crippen molar-refractivity contribution in [3.05, 3.63) is 119 Å². The highest BCUT2D eigenvalue weighted by atomic mass is 28.4. The number of hydrogen-bond acceptors (Lipinski definition) is 6. The Kier molecular flexibility index (Phi) is 13.2. The molecule has 0 unspecified atom stereocenters. The summed E-state index contributed by atoms with van der Waals surface area (Å²) in [6.45, 7) is 22.9. The maximum atomic E-state index is 11.6. The molecule has 0 bridgehead atoms. The largest absolute Gasteiger partial charge is 0.411 e. The third kappa shape index (κ3) is 9.96. The summed E-state index contributed by atoms with van der Waals surface area (Å²) < 4.78 is 18.8. The Hall–Kier alpha value is -3.77. The molecule has 4 aromatic rings. The quantitative estimate of drug-likeness (QED) is 0.136. The van der Waals surface area contributed by atoms with Gasteiger partial charge in [0.1, 0.15) is 6.10 Å². The van der Waals surface area contributed by atoms with E-state index in [1.807, 2.05) is 12.1 Å². The first kappa shape index (κ1) is 44.3. The zero-order chi connectivity index (χ0) is 42.9. The average Bonchev–Trinajstić information content (AvgIpc) is 4.04. The third-order valence-corrected chi connectivity index (χ3v) is 23.0. The van der Waals surface area contributed by atoms with Gasteiger partial charge >= 0.3 is 0 Å². The number of epoxide rings is 1. The van der Waals surface area contributed by atoms with Crippen LogP contribution in [-0.2, 0) is 13.6 Å². The van der Waals surface area contributed by atoms with Crippen LogP contribution in [0.1, 0.15) is 102 Å². The van der Waals surface area contributed by atoms with Gasteiger partial charge in [-0.15, -0.1) is 0 Å². The van der Waals surface area contributed by atoms with Gasteiger partial charge in [0.2, 0.25) is 0 Å². The van der Waals surface area contributed by atoms with Crippen molar-refractivity contribution in [3.8, 4) is 0 Å². The summed E-state index contributed by atoms with van der Waals surface area (Å²) in [5, 5.41) is 15.5. The van der Waals surface area contributed by atoms with E-state index in [4.69, 9.17) is 13.6 Å². The van der Waals surface area contributed by atoms with Crippen molar-refractivity contribution >= 4 is 63.7 Å². The van der Waals surface area contributed by atoms with E-state index in [9.17, 15) is 5.11 Å². The molecule has 60 heavy (non-hydrogen) atoms. The van der Waals surface area contributed by atoms with Crippen LogP contribution < -0.4 is 10.2 Å². The fourth-order valence-corrected chi connectivity index (χ4v) is 11.1. The van der Waals surface area contributed by atoms with Gasteiger partial charge in [-0.2, -0.15) is 0 Å². The Morgan fingerprint density at radius 3 is 1.50 bits per heavy atom. The maximum absolute atomic E-state index is 11.6. The van der Waals surface area contributed by atoms with Crippen LogP contribution in [0.4, 0.5) is 22.7 Å². The number of aliphatic hydroxyl groups excluding tert-OH is 1. The minimum atomic E-state index is -1.96. The van der Waals surface area contributed by atoms with Crippen LogP contribution in [0.15, 0.2) is 97.1 Å². The van der Waals surface area contributed by atoms with Gasteiger partial charge in [-0.3, -0.25) is 0 Å². The van der Waals surface area contributed by atoms with Crippen molar-refractivity contribution in [1.29, 1.82) is 0 Å². The van der Waals surface area contributed by atoms with Crippen LogP contribution in [0.5, 0.6) is 0 Å². The molecule has 3 aliphatic heterocycles. The van der Waals surface area contributed by atoms with Gasteiger partial charge in [0.25, 0.3) is 0 Å². The molecule has 0 spiro atoms. The van der Waals surface area contributed by atoms with Crippen LogP contribution in [-0.4, -0.2) is 58.3 Å². The minimum absolute atomic E-state index is 0.00396. The molecule has 3 heterocycles. The highest BCUT2D eigenvalue weighted by Gasteiger charge is 2.51. The van der Waals surface area contributed by atoms with E-state index >= 15 is 0 Å². The van der Waals surface area contributed by atoms with Gasteiger partial charge in [0.05, 0.1) is 30.5 Å². The lowest BCUT2D eigenvalue weighted by molar-refractivity contribution is -0.0130. The van der Waals surface area contributed by atoms with E-state index < -0.39 is 22.7 Å². The second-order valence-electron chi connectivity index (χ2n) is 20.3. The predicted molar refractivity (Wildman–Crippen MR) is 259 cm³/mol. The number of aliphatic hydroxyl groups is 1. The molecule has 5 aliphatic rings. The molecule has 0 radical (unpaired) electrons. The van der Waals surface area contributed by atoms with Crippen molar-refractivity contribution in [2.75, 3.05) is 10.2 Å². The minimum Gasteiger partial charge on any atom is -0.411 e. The summed E-state index contributed by atoms with van der Waals surface area (Å²) in [5.74, 6) is 0. The van der Waals surface area contributed by atoms with Gasteiger partial charge in [-0.05, 0) is 121 Å². The smallest absolute Gasteiger partial charge is 0.192 e. The second-order valence-corrected chi connectivity index (χ2v) is 29.9. The zero-order valence-corrected chi connectivity index (χ0v) is 39.9. The number of ether oxygens (including phenoxy) is 1. The van der Waals surface area contributed by atoms with Gasteiger partial charge in [0.15, 0.2) is 16.6 Å². The molecule has 8 heteroatoms. The summed E-state index contributed by atoms with van der Waals surface area (Å²) in [5.41, 5.74) is 9.49. The van der Waals surface area contributed by atoms with Gasteiger partial charge in [0, 0.05) is 22.7 Å². The fourth-order valence-electron chi connectivity index (χ4n) is 8.36. The van der Waals surface area contributed by atoms with E-state index in [1.165, 1.54) is 52.9 Å². The summed E-state index contributed by atoms with van der Waals surface area (Å²) >= 11 is 0. The summed E-state index contributed by atoms with van der Waals surface area (Å²) in [6, 6.07) is 33.6. The lowest BCUT2D eigenvalue weighted by Crippen LogP contribution is -2.55. The first-order valence-corrected chi connectivity index (χ1v) is 28.2. The van der Waals surface area contributed by atoms with Crippen molar-refractivity contribution in [1.82, 2.24) is 0 Å². The molecule has 2 aliphatic carbocycles. The Labute approximate surface area is 363 Å². The number of nitrogens with one attached hydrogen (secondary N) is 1. The van der Waals surface area contributed by atoms with Crippen LogP contribution in [0.25, 0.3) is 24.3 Å². The number of rotatable bonds is 5. The van der Waals surface area contributed by atoms with E-state index in [0.29, 0.717) is 23.4 Å². The van der Waals surface area contributed by atoms with Crippen molar-refractivity contribution in [2.24, 2.45) is 0 Å². The Morgan fingerprint density at radius 1 is 0.567 bits per heavy atom. The topological polar surface area (TPSA) is 66.5 Å². The molecular formula is C52H70N2O4Si2. The molecule has 0 aromatic heterocycles. The monoisotopic (exact) mass is 842 g/mol. The Bertz CT molecular complexity index is 2050. The standard InChI is InChI=1S/C26H35NO2Si.C14H11N.C12H24O2Si/c1-26(2,3)30(4,5)29-24-16-10-15-23(25(24)28)27-21-13-8-6-11-19(21)17-18-20-12-7-9-14-22(20)27;1-3-7-13-11(5-1)9-10-12-6-2-4-8-14(12)15-13;1-12(2,3)15(4,5)14-10-8-6-7-9-11(10)13-9/h6-9,11-14,17-18,23-25,28H,10,15-16H2,1-5H3;1-10,15H;9-11H,6-8H2,1-5H3/t23-,24-,25+;;9-,10+,11-/m1.0/s1. The number of hydrogen-bond donors (Lipinski definition) is 2. The van der Waals surface area contributed by atoms with E-state index in [1.54, 1.807) is 0 Å². The molecule has 320 valence electrons. The third-order valence-electron chi connectivity index (χ3n) is 14.0. The Balaban J connectivity index is 0.000000151. The van der Waals surface area contributed by atoms with E-state index in [0.717, 1.165) is 30.6 Å². The molecule has 9 rings (SSSR count). The molecule has 6 atom stereocenters. The van der Waals surface area contributed by atoms with Gasteiger partial charge in [-0.25, -0.2) is 0 Å². The summed E-state index contributed by atoms with van der Waals surface area (Å²) in [6.07, 6.45) is 16.1. The molecule has 1 saturated heterocycles. The Morgan fingerprint density at radius 2 is 0.983 bits per heavy atom. The van der Waals surface area contributed by atoms with Gasteiger partial charge < -0.3 is 28.9 Å².